The molecule has 7 heteroatoms. The highest BCUT2D eigenvalue weighted by Gasteiger charge is 2.24. The molecule has 1 aliphatic heterocycles. The Balaban J connectivity index is 1.68. The molecule has 0 saturated carbocycles. The number of rotatable bonds is 6. The largest absolute Gasteiger partial charge is 0.356 e. The molecule has 1 aromatic carbocycles. The monoisotopic (exact) mass is 344 g/mol. The van der Waals surface area contributed by atoms with E-state index in [0.29, 0.717) is 37.5 Å². The number of carbonyl (C=O) groups excluding carboxylic acids is 1. The molecule has 1 N–H and O–H groups in total. The zero-order valence-electron chi connectivity index (χ0n) is 12.4. The van der Waals surface area contributed by atoms with Crippen molar-refractivity contribution in [1.82, 2.24) is 9.62 Å². The van der Waals surface area contributed by atoms with Crippen molar-refractivity contribution in [2.75, 3.05) is 25.4 Å². The van der Waals surface area contributed by atoms with Gasteiger partial charge in [0, 0.05) is 24.7 Å². The summed E-state index contributed by atoms with van der Waals surface area (Å²) in [5.74, 6) is 0.180. The maximum absolute atomic E-state index is 11.8. The molecule has 0 radical (unpaired) electrons. The van der Waals surface area contributed by atoms with Gasteiger partial charge in [0.2, 0.25) is 15.9 Å². The summed E-state index contributed by atoms with van der Waals surface area (Å²) >= 11 is 5.79. The molecule has 0 atom stereocenters. The van der Waals surface area contributed by atoms with Crippen molar-refractivity contribution in [3.05, 3.63) is 34.9 Å². The predicted molar refractivity (Wildman–Crippen MR) is 87.4 cm³/mol. The van der Waals surface area contributed by atoms with Gasteiger partial charge < -0.3 is 5.32 Å². The summed E-state index contributed by atoms with van der Waals surface area (Å²) in [6, 6.07) is 7.15. The number of hydrogen-bond donors (Lipinski definition) is 1. The van der Waals surface area contributed by atoms with E-state index in [9.17, 15) is 13.2 Å². The fraction of sp³-hybridized carbons (Fsp3) is 0.533. The van der Waals surface area contributed by atoms with Gasteiger partial charge in [0.1, 0.15) is 0 Å². The van der Waals surface area contributed by atoms with E-state index in [0.717, 1.165) is 18.4 Å². The molecule has 0 aromatic heterocycles. The van der Waals surface area contributed by atoms with E-state index in [1.807, 2.05) is 12.1 Å². The second kappa shape index (κ2) is 7.94. The average molecular weight is 345 g/mol. The molecule has 1 fully saturated rings. The Bertz CT molecular complexity index is 602. The maximum atomic E-state index is 11.8. The average Bonchev–Trinajstić information content (AvgIpc) is 2.47. The minimum absolute atomic E-state index is 0.0659. The molecule has 0 spiro atoms. The first-order valence-electron chi connectivity index (χ1n) is 7.46. The van der Waals surface area contributed by atoms with E-state index >= 15 is 0 Å². The number of benzene rings is 1. The molecule has 2 rings (SSSR count). The summed E-state index contributed by atoms with van der Waals surface area (Å²) in [6.45, 7) is 1.56. The molecule has 22 heavy (non-hydrogen) atoms. The third-order valence-electron chi connectivity index (χ3n) is 3.64. The third-order valence-corrected chi connectivity index (χ3v) is 5.85. The third kappa shape index (κ3) is 5.26. The molecule has 0 aliphatic carbocycles. The zero-order chi connectivity index (χ0) is 16.0. The first-order valence-corrected chi connectivity index (χ1v) is 9.45. The van der Waals surface area contributed by atoms with E-state index in [1.54, 1.807) is 12.1 Å². The lowest BCUT2D eigenvalue weighted by Gasteiger charge is -2.26. The lowest BCUT2D eigenvalue weighted by molar-refractivity contribution is -0.120. The molecular formula is C15H21ClN2O3S. The van der Waals surface area contributed by atoms with E-state index in [2.05, 4.69) is 5.32 Å². The van der Waals surface area contributed by atoms with Crippen LogP contribution in [0.5, 0.6) is 0 Å². The first-order chi connectivity index (χ1) is 10.5. The van der Waals surface area contributed by atoms with E-state index in [-0.39, 0.29) is 11.7 Å². The van der Waals surface area contributed by atoms with Crippen LogP contribution in [0.4, 0.5) is 0 Å². The summed E-state index contributed by atoms with van der Waals surface area (Å²) in [5, 5.41) is 3.46. The van der Waals surface area contributed by atoms with Crippen LogP contribution >= 0.6 is 11.6 Å². The van der Waals surface area contributed by atoms with Gasteiger partial charge in [-0.2, -0.15) is 0 Å². The fourth-order valence-electron chi connectivity index (χ4n) is 2.43. The summed E-state index contributed by atoms with van der Waals surface area (Å²) in [7, 11) is -3.07. The van der Waals surface area contributed by atoms with E-state index < -0.39 is 10.0 Å². The second-order valence-electron chi connectivity index (χ2n) is 5.43. The Morgan fingerprint density at radius 3 is 2.64 bits per heavy atom. The number of amides is 1. The van der Waals surface area contributed by atoms with Gasteiger partial charge in [-0.1, -0.05) is 23.7 Å². The van der Waals surface area contributed by atoms with Crippen LogP contribution in [0.3, 0.4) is 0 Å². The smallest absolute Gasteiger partial charge is 0.224 e. The Kier molecular flexibility index (Phi) is 6.23. The number of nitrogens with zero attached hydrogens (tertiary/aromatic N) is 1. The van der Waals surface area contributed by atoms with Crippen LogP contribution in [0.1, 0.15) is 24.8 Å². The van der Waals surface area contributed by atoms with Crippen LogP contribution in [0.25, 0.3) is 0 Å². The maximum Gasteiger partial charge on any atom is 0.224 e. The highest BCUT2D eigenvalue weighted by molar-refractivity contribution is 7.89. The molecule has 0 bridgehead atoms. The summed E-state index contributed by atoms with van der Waals surface area (Å²) in [6.07, 6.45) is 2.60. The van der Waals surface area contributed by atoms with Gasteiger partial charge in [0.15, 0.2) is 0 Å². The van der Waals surface area contributed by atoms with Gasteiger partial charge in [-0.15, -0.1) is 0 Å². The van der Waals surface area contributed by atoms with Crippen LogP contribution in [-0.4, -0.2) is 44.0 Å². The standard InChI is InChI=1S/C15H21ClN2O3S/c16-14-6-4-13(5-7-14)12-15(19)17-8-3-10-18-9-1-2-11-22(18,20)21/h4-7H,1-3,8-12H2,(H,17,19). The number of hydrogen-bond acceptors (Lipinski definition) is 3. The van der Waals surface area contributed by atoms with Crippen molar-refractivity contribution in [2.24, 2.45) is 0 Å². The van der Waals surface area contributed by atoms with Gasteiger partial charge in [0.05, 0.1) is 12.2 Å². The molecule has 1 saturated heterocycles. The predicted octanol–water partition coefficient (Wildman–Crippen LogP) is 1.81. The van der Waals surface area contributed by atoms with Crippen molar-refractivity contribution >= 4 is 27.5 Å². The fourth-order valence-corrected chi connectivity index (χ4v) is 4.19. The van der Waals surface area contributed by atoms with E-state index in [1.165, 1.54) is 4.31 Å². The van der Waals surface area contributed by atoms with Crippen molar-refractivity contribution in [3.63, 3.8) is 0 Å². The molecular weight excluding hydrogens is 324 g/mol. The lowest BCUT2D eigenvalue weighted by Crippen LogP contribution is -2.39. The minimum Gasteiger partial charge on any atom is -0.356 e. The number of sulfonamides is 1. The van der Waals surface area contributed by atoms with Crippen LogP contribution in [0.15, 0.2) is 24.3 Å². The van der Waals surface area contributed by atoms with Crippen LogP contribution in [-0.2, 0) is 21.2 Å². The van der Waals surface area contributed by atoms with Gasteiger partial charge in [-0.3, -0.25) is 4.79 Å². The number of halogens is 1. The quantitative estimate of drug-likeness (QED) is 0.800. The van der Waals surface area contributed by atoms with Gasteiger partial charge in [-0.25, -0.2) is 12.7 Å². The molecule has 1 aromatic rings. The molecule has 122 valence electrons. The van der Waals surface area contributed by atoms with Gasteiger partial charge in [0.25, 0.3) is 0 Å². The van der Waals surface area contributed by atoms with Crippen molar-refractivity contribution in [2.45, 2.75) is 25.7 Å². The lowest BCUT2D eigenvalue weighted by atomic mass is 10.1. The van der Waals surface area contributed by atoms with Crippen molar-refractivity contribution in [1.29, 1.82) is 0 Å². The van der Waals surface area contributed by atoms with Crippen molar-refractivity contribution in [3.8, 4) is 0 Å². The first kappa shape index (κ1) is 17.2. The SMILES string of the molecule is O=C(Cc1ccc(Cl)cc1)NCCCN1CCCCS1(=O)=O. The molecule has 5 nitrogen and oxygen atoms in total. The highest BCUT2D eigenvalue weighted by Crippen LogP contribution is 2.13. The van der Waals surface area contributed by atoms with Gasteiger partial charge in [-0.05, 0) is 37.0 Å². The molecule has 0 unspecified atom stereocenters. The van der Waals surface area contributed by atoms with Crippen LogP contribution < -0.4 is 5.32 Å². The number of nitrogens with one attached hydrogen (secondary N) is 1. The van der Waals surface area contributed by atoms with Crippen LogP contribution in [0, 0.1) is 0 Å². The Morgan fingerprint density at radius 2 is 1.95 bits per heavy atom. The van der Waals surface area contributed by atoms with E-state index in [4.69, 9.17) is 11.6 Å². The number of carbonyl (C=O) groups is 1. The Labute approximate surface area is 136 Å². The zero-order valence-corrected chi connectivity index (χ0v) is 14.0. The normalized spacial score (nSPS) is 18.0. The topological polar surface area (TPSA) is 66.5 Å². The Hall–Kier alpha value is -1.11. The minimum atomic E-state index is -3.07. The van der Waals surface area contributed by atoms with Gasteiger partial charge >= 0.3 is 0 Å². The molecule has 1 heterocycles. The van der Waals surface area contributed by atoms with Crippen LogP contribution in [0.2, 0.25) is 5.02 Å². The second-order valence-corrected chi connectivity index (χ2v) is 7.95. The van der Waals surface area contributed by atoms with Crippen molar-refractivity contribution < 1.29 is 13.2 Å². The molecule has 1 amide bonds. The summed E-state index contributed by atoms with van der Waals surface area (Å²) in [4.78, 5) is 11.8. The summed E-state index contributed by atoms with van der Waals surface area (Å²) < 4.78 is 25.1. The Morgan fingerprint density at radius 1 is 1.23 bits per heavy atom. The molecule has 1 aliphatic rings. The summed E-state index contributed by atoms with van der Waals surface area (Å²) in [5.41, 5.74) is 0.903. The highest BCUT2D eigenvalue weighted by atomic mass is 35.5.